The lowest BCUT2D eigenvalue weighted by Crippen LogP contribution is -2.04. The van der Waals surface area contributed by atoms with Crippen molar-refractivity contribution in [3.8, 4) is 17.2 Å². The normalized spacial score (nSPS) is 13.3. The first-order valence-electron chi connectivity index (χ1n) is 6.50. The third-order valence-corrected chi connectivity index (χ3v) is 4.32. The van der Waals surface area contributed by atoms with E-state index in [0.717, 1.165) is 0 Å². The van der Waals surface area contributed by atoms with Gasteiger partial charge in [0.05, 0.1) is 24.3 Å². The maximum absolute atomic E-state index is 12.6. The molecule has 1 heterocycles. The van der Waals surface area contributed by atoms with Crippen LogP contribution in [0.3, 0.4) is 0 Å². The number of rotatable bonds is 6. The van der Waals surface area contributed by atoms with Gasteiger partial charge in [0.15, 0.2) is 5.75 Å². The van der Waals surface area contributed by atoms with E-state index in [-0.39, 0.29) is 5.75 Å². The SMILES string of the molecule is O=P(OCl)(Oc1ccccc1)Oc1ccccc1-n1ccnn1. The van der Waals surface area contributed by atoms with Crippen molar-refractivity contribution < 1.29 is 17.7 Å². The average Bonchev–Trinajstić information content (AvgIpc) is 3.10. The average molecular weight is 352 g/mol. The lowest BCUT2D eigenvalue weighted by molar-refractivity contribution is 0.307. The van der Waals surface area contributed by atoms with Gasteiger partial charge in [-0.05, 0) is 24.3 Å². The Morgan fingerprint density at radius 3 is 2.43 bits per heavy atom. The van der Waals surface area contributed by atoms with Gasteiger partial charge in [-0.2, -0.15) is 4.08 Å². The Hall–Kier alpha value is -2.34. The van der Waals surface area contributed by atoms with Crippen LogP contribution >= 0.6 is 19.7 Å². The number of phosphoric acid groups is 1. The van der Waals surface area contributed by atoms with Crippen molar-refractivity contribution >= 4 is 19.7 Å². The van der Waals surface area contributed by atoms with E-state index < -0.39 is 7.82 Å². The fraction of sp³-hybridized carbons (Fsp3) is 0. The predicted molar refractivity (Wildman–Crippen MR) is 83.6 cm³/mol. The molecule has 0 radical (unpaired) electrons. The van der Waals surface area contributed by atoms with Crippen LogP contribution in [0.25, 0.3) is 5.69 Å². The Bertz CT molecular complexity index is 814. The van der Waals surface area contributed by atoms with Gasteiger partial charge in [0.1, 0.15) is 11.4 Å². The van der Waals surface area contributed by atoms with Crippen molar-refractivity contribution in [2.24, 2.45) is 0 Å². The summed E-state index contributed by atoms with van der Waals surface area (Å²) in [5, 5.41) is 7.59. The molecule has 23 heavy (non-hydrogen) atoms. The molecule has 0 amide bonds. The number of para-hydroxylation sites is 3. The van der Waals surface area contributed by atoms with Crippen LogP contribution < -0.4 is 9.05 Å². The summed E-state index contributed by atoms with van der Waals surface area (Å²) in [6.45, 7) is 0. The van der Waals surface area contributed by atoms with Gasteiger partial charge < -0.3 is 9.05 Å². The highest BCUT2D eigenvalue weighted by molar-refractivity contribution is 7.50. The highest BCUT2D eigenvalue weighted by atomic mass is 35.5. The Labute approximate surface area is 137 Å². The minimum absolute atomic E-state index is 0.220. The van der Waals surface area contributed by atoms with Crippen LogP contribution in [0.1, 0.15) is 0 Å². The van der Waals surface area contributed by atoms with Crippen LogP contribution in [0.15, 0.2) is 67.0 Å². The van der Waals surface area contributed by atoms with Gasteiger partial charge in [-0.3, -0.25) is 0 Å². The van der Waals surface area contributed by atoms with E-state index in [0.29, 0.717) is 11.4 Å². The monoisotopic (exact) mass is 351 g/mol. The zero-order chi connectivity index (χ0) is 16.1. The molecule has 0 saturated heterocycles. The Kier molecular flexibility index (Phi) is 4.62. The molecule has 0 bridgehead atoms. The standard InChI is InChI=1S/C14H11ClN3O4P/c15-22-23(19,20-12-6-2-1-3-7-12)21-14-9-5-4-8-13(14)18-11-10-16-17-18/h1-11H. The highest BCUT2D eigenvalue weighted by Crippen LogP contribution is 2.51. The molecule has 118 valence electrons. The molecule has 0 N–H and O–H groups in total. The molecule has 1 aromatic heterocycles. The quantitative estimate of drug-likeness (QED) is 0.625. The number of benzene rings is 2. The summed E-state index contributed by atoms with van der Waals surface area (Å²) in [6.07, 6.45) is 3.13. The molecule has 0 aliphatic rings. The van der Waals surface area contributed by atoms with E-state index in [2.05, 4.69) is 14.4 Å². The second-order valence-corrected chi connectivity index (χ2v) is 6.14. The molecule has 0 aliphatic heterocycles. The third-order valence-electron chi connectivity index (χ3n) is 2.79. The molecular formula is C14H11ClN3O4P. The van der Waals surface area contributed by atoms with Crippen LogP contribution in [0, 0.1) is 0 Å². The first-order chi connectivity index (χ1) is 11.2. The van der Waals surface area contributed by atoms with E-state index >= 15 is 0 Å². The van der Waals surface area contributed by atoms with E-state index in [9.17, 15) is 4.57 Å². The van der Waals surface area contributed by atoms with E-state index in [1.54, 1.807) is 60.8 Å². The lowest BCUT2D eigenvalue weighted by Gasteiger charge is -2.17. The number of halogens is 1. The van der Waals surface area contributed by atoms with Crippen molar-refractivity contribution in [1.29, 1.82) is 0 Å². The van der Waals surface area contributed by atoms with Gasteiger partial charge in [-0.15, -0.1) is 5.10 Å². The van der Waals surface area contributed by atoms with Crippen LogP contribution in [0.2, 0.25) is 0 Å². The molecule has 3 aromatic rings. The zero-order valence-electron chi connectivity index (χ0n) is 11.7. The number of aromatic nitrogens is 3. The Balaban J connectivity index is 1.89. The number of phosphoric ester groups is 1. The Morgan fingerprint density at radius 2 is 1.74 bits per heavy atom. The highest BCUT2D eigenvalue weighted by Gasteiger charge is 2.32. The summed E-state index contributed by atoms with van der Waals surface area (Å²) >= 11 is 5.34. The van der Waals surface area contributed by atoms with Gasteiger partial charge in [0, 0.05) is 0 Å². The topological polar surface area (TPSA) is 75.5 Å². The summed E-state index contributed by atoms with van der Waals surface area (Å²) in [7, 11) is -4.07. The molecular weight excluding hydrogens is 341 g/mol. The molecule has 7 nitrogen and oxygen atoms in total. The van der Waals surface area contributed by atoms with Crippen molar-refractivity contribution in [3.63, 3.8) is 0 Å². The second-order valence-electron chi connectivity index (χ2n) is 4.33. The second kappa shape index (κ2) is 6.83. The first kappa shape index (κ1) is 15.6. The maximum atomic E-state index is 12.6. The summed E-state index contributed by atoms with van der Waals surface area (Å²) in [6, 6.07) is 15.2. The smallest absolute Gasteiger partial charge is 0.394 e. The van der Waals surface area contributed by atoms with Gasteiger partial charge >= 0.3 is 7.82 Å². The fourth-order valence-corrected chi connectivity index (χ4v) is 2.88. The van der Waals surface area contributed by atoms with Gasteiger partial charge in [0.2, 0.25) is 0 Å². The van der Waals surface area contributed by atoms with Crippen LogP contribution in [0.5, 0.6) is 11.5 Å². The summed E-state index contributed by atoms with van der Waals surface area (Å²) in [5.74, 6) is 0.521. The molecule has 0 aliphatic carbocycles. The maximum Gasteiger partial charge on any atom is 0.604 e. The minimum atomic E-state index is -4.07. The summed E-state index contributed by atoms with van der Waals surface area (Å²) in [4.78, 5) is 0. The summed E-state index contributed by atoms with van der Waals surface area (Å²) in [5.41, 5.74) is 0.510. The predicted octanol–water partition coefficient (Wildman–Crippen LogP) is 4.00. The van der Waals surface area contributed by atoms with Crippen molar-refractivity contribution in [2.45, 2.75) is 0 Å². The Morgan fingerprint density at radius 1 is 1.00 bits per heavy atom. The third kappa shape index (κ3) is 3.71. The van der Waals surface area contributed by atoms with Crippen LogP contribution in [-0.2, 0) is 8.64 Å². The molecule has 0 saturated carbocycles. The van der Waals surface area contributed by atoms with Crippen molar-refractivity contribution in [3.05, 3.63) is 67.0 Å². The first-order valence-corrected chi connectivity index (χ1v) is 8.27. The summed E-state index contributed by atoms with van der Waals surface area (Å²) < 4.78 is 29.2. The minimum Gasteiger partial charge on any atom is -0.394 e. The van der Waals surface area contributed by atoms with Crippen molar-refractivity contribution in [2.75, 3.05) is 0 Å². The zero-order valence-corrected chi connectivity index (χ0v) is 13.3. The van der Waals surface area contributed by atoms with Gasteiger partial charge in [-0.25, -0.2) is 9.25 Å². The van der Waals surface area contributed by atoms with Crippen molar-refractivity contribution in [1.82, 2.24) is 15.0 Å². The molecule has 1 unspecified atom stereocenters. The van der Waals surface area contributed by atoms with Gasteiger partial charge in [-0.1, -0.05) is 35.5 Å². The van der Waals surface area contributed by atoms with E-state index in [1.165, 1.54) is 10.9 Å². The fourth-order valence-electron chi connectivity index (χ4n) is 1.84. The number of hydrogen-bond donors (Lipinski definition) is 0. The lowest BCUT2D eigenvalue weighted by atomic mass is 10.3. The van der Waals surface area contributed by atoms with E-state index in [4.69, 9.17) is 20.9 Å². The van der Waals surface area contributed by atoms with E-state index in [1.807, 2.05) is 0 Å². The number of hydrogen-bond acceptors (Lipinski definition) is 6. The molecule has 0 spiro atoms. The number of nitrogens with zero attached hydrogens (tertiary/aromatic N) is 3. The van der Waals surface area contributed by atoms with Crippen LogP contribution in [0.4, 0.5) is 0 Å². The molecule has 0 fully saturated rings. The molecule has 2 aromatic carbocycles. The molecule has 9 heteroatoms. The molecule has 3 rings (SSSR count). The molecule has 1 atom stereocenters. The largest absolute Gasteiger partial charge is 0.604 e. The van der Waals surface area contributed by atoms with Gasteiger partial charge in [0.25, 0.3) is 0 Å². The van der Waals surface area contributed by atoms with Crippen LogP contribution in [-0.4, -0.2) is 15.0 Å².